The quantitative estimate of drug-likeness (QED) is 0.742. The van der Waals surface area contributed by atoms with Crippen LogP contribution >= 0.6 is 11.6 Å². The molecule has 0 bridgehead atoms. The molecule has 1 aliphatic rings. The molecule has 3 N–H and O–H groups in total. The molecular formula is C12H14ClN3O2. The van der Waals surface area contributed by atoms with Crippen molar-refractivity contribution in [1.29, 1.82) is 0 Å². The number of hydrogen-bond acceptors (Lipinski definition) is 3. The number of nitrogen functional groups attached to an aromatic ring is 1. The van der Waals surface area contributed by atoms with E-state index in [1.165, 1.54) is 0 Å². The van der Waals surface area contributed by atoms with E-state index in [0.717, 1.165) is 0 Å². The Kier molecular flexibility index (Phi) is 3.72. The van der Waals surface area contributed by atoms with E-state index in [4.69, 9.17) is 17.3 Å². The second-order valence-electron chi connectivity index (χ2n) is 4.17. The first kappa shape index (κ1) is 12.7. The molecule has 0 aliphatic carbocycles. The topological polar surface area (TPSA) is 75.4 Å². The van der Waals surface area contributed by atoms with Gasteiger partial charge in [0.15, 0.2) is 0 Å². The number of benzene rings is 1. The van der Waals surface area contributed by atoms with Crippen molar-refractivity contribution in [3.05, 3.63) is 28.8 Å². The Morgan fingerprint density at radius 3 is 2.83 bits per heavy atom. The number of carbonyl (C=O) groups is 2. The van der Waals surface area contributed by atoms with Crippen molar-refractivity contribution in [2.45, 2.75) is 6.42 Å². The third-order valence-electron chi connectivity index (χ3n) is 2.77. The number of hydrogen-bond donors (Lipinski definition) is 2. The molecule has 0 aromatic heterocycles. The normalized spacial score (nSPS) is 16.1. The zero-order chi connectivity index (χ0) is 13.1. The van der Waals surface area contributed by atoms with Gasteiger partial charge in [-0.15, -0.1) is 0 Å². The highest BCUT2D eigenvalue weighted by Crippen LogP contribution is 2.18. The van der Waals surface area contributed by atoms with Gasteiger partial charge < -0.3 is 16.0 Å². The Labute approximate surface area is 110 Å². The van der Waals surface area contributed by atoms with Gasteiger partial charge in [0, 0.05) is 42.3 Å². The van der Waals surface area contributed by atoms with E-state index < -0.39 is 0 Å². The van der Waals surface area contributed by atoms with Crippen molar-refractivity contribution in [2.24, 2.45) is 0 Å². The van der Waals surface area contributed by atoms with Crippen molar-refractivity contribution in [2.75, 3.05) is 25.4 Å². The van der Waals surface area contributed by atoms with Crippen molar-refractivity contribution in [3.63, 3.8) is 0 Å². The van der Waals surface area contributed by atoms with E-state index in [9.17, 15) is 9.59 Å². The van der Waals surface area contributed by atoms with Gasteiger partial charge in [-0.2, -0.15) is 0 Å². The van der Waals surface area contributed by atoms with Crippen molar-refractivity contribution >= 4 is 29.1 Å². The Bertz CT molecular complexity index is 470. The molecule has 1 aromatic carbocycles. The Morgan fingerprint density at radius 2 is 2.11 bits per heavy atom. The zero-order valence-corrected chi connectivity index (χ0v) is 10.5. The van der Waals surface area contributed by atoms with E-state index >= 15 is 0 Å². The maximum Gasteiger partial charge on any atom is 0.254 e. The summed E-state index contributed by atoms with van der Waals surface area (Å²) >= 11 is 5.87. The number of nitrogens with zero attached hydrogens (tertiary/aromatic N) is 1. The average molecular weight is 268 g/mol. The van der Waals surface area contributed by atoms with E-state index in [0.29, 0.717) is 42.3 Å². The van der Waals surface area contributed by atoms with Crippen LogP contribution in [-0.2, 0) is 4.79 Å². The molecule has 0 atom stereocenters. The van der Waals surface area contributed by atoms with E-state index in [1.54, 1.807) is 23.1 Å². The summed E-state index contributed by atoms with van der Waals surface area (Å²) < 4.78 is 0. The van der Waals surface area contributed by atoms with Crippen LogP contribution in [0, 0.1) is 0 Å². The minimum atomic E-state index is -0.152. The molecule has 5 nitrogen and oxygen atoms in total. The highest BCUT2D eigenvalue weighted by Gasteiger charge is 2.20. The second kappa shape index (κ2) is 5.27. The molecule has 6 heteroatoms. The number of halogens is 1. The monoisotopic (exact) mass is 267 g/mol. The maximum absolute atomic E-state index is 12.2. The minimum absolute atomic E-state index is 0.0316. The van der Waals surface area contributed by atoms with Gasteiger partial charge in [-0.3, -0.25) is 9.59 Å². The van der Waals surface area contributed by atoms with Gasteiger partial charge in [-0.25, -0.2) is 0 Å². The summed E-state index contributed by atoms with van der Waals surface area (Å²) in [4.78, 5) is 25.1. The molecule has 1 saturated heterocycles. The highest BCUT2D eigenvalue weighted by molar-refractivity contribution is 6.31. The van der Waals surface area contributed by atoms with Gasteiger partial charge in [0.1, 0.15) is 0 Å². The lowest BCUT2D eigenvalue weighted by Gasteiger charge is -2.19. The Morgan fingerprint density at radius 1 is 1.33 bits per heavy atom. The third kappa shape index (κ3) is 2.92. The lowest BCUT2D eigenvalue weighted by Crippen LogP contribution is -2.34. The van der Waals surface area contributed by atoms with Crippen molar-refractivity contribution < 1.29 is 9.59 Å². The number of nitrogens with two attached hydrogens (primary N) is 1. The summed E-state index contributed by atoms with van der Waals surface area (Å²) in [7, 11) is 0. The molecule has 0 unspecified atom stereocenters. The Hall–Kier alpha value is -1.75. The fraction of sp³-hybridized carbons (Fsp3) is 0.333. The standard InChI is InChI=1S/C12H14ClN3O2/c13-9-5-8(6-10(14)7-9)12(18)16-3-1-11(17)15-2-4-16/h5-7H,1-4,14H2,(H,15,17). The predicted octanol–water partition coefficient (Wildman–Crippen LogP) is 0.884. The largest absolute Gasteiger partial charge is 0.399 e. The van der Waals surface area contributed by atoms with Crippen LogP contribution in [0.5, 0.6) is 0 Å². The molecule has 2 amide bonds. The smallest absolute Gasteiger partial charge is 0.254 e. The number of rotatable bonds is 1. The molecular weight excluding hydrogens is 254 g/mol. The summed E-state index contributed by atoms with van der Waals surface area (Å²) in [5.41, 5.74) is 6.56. The molecule has 1 aliphatic heterocycles. The van der Waals surface area contributed by atoms with Crippen LogP contribution < -0.4 is 11.1 Å². The second-order valence-corrected chi connectivity index (χ2v) is 4.60. The first-order chi connectivity index (χ1) is 8.56. The summed E-state index contributed by atoms with van der Waals surface area (Å²) in [6.45, 7) is 1.38. The van der Waals surface area contributed by atoms with Gasteiger partial charge >= 0.3 is 0 Å². The predicted molar refractivity (Wildman–Crippen MR) is 69.4 cm³/mol. The SMILES string of the molecule is Nc1cc(Cl)cc(C(=O)N2CCNC(=O)CC2)c1. The zero-order valence-electron chi connectivity index (χ0n) is 9.78. The molecule has 1 heterocycles. The van der Waals surface area contributed by atoms with E-state index in [2.05, 4.69) is 5.32 Å². The summed E-state index contributed by atoms with van der Waals surface area (Å²) in [5, 5.41) is 3.15. The number of anilines is 1. The van der Waals surface area contributed by atoms with Crippen molar-refractivity contribution in [3.8, 4) is 0 Å². The lowest BCUT2D eigenvalue weighted by molar-refractivity contribution is -0.120. The van der Waals surface area contributed by atoms with Gasteiger partial charge in [0.05, 0.1) is 0 Å². The molecule has 0 spiro atoms. The van der Waals surface area contributed by atoms with Gasteiger partial charge in [0.2, 0.25) is 5.91 Å². The summed E-state index contributed by atoms with van der Waals surface area (Å²) in [6.07, 6.45) is 0.321. The maximum atomic E-state index is 12.2. The van der Waals surface area contributed by atoms with Crippen LogP contribution in [0.2, 0.25) is 5.02 Å². The first-order valence-corrected chi connectivity index (χ1v) is 6.06. The van der Waals surface area contributed by atoms with Crippen molar-refractivity contribution in [1.82, 2.24) is 10.2 Å². The van der Waals surface area contributed by atoms with E-state index in [1.807, 2.05) is 0 Å². The van der Waals surface area contributed by atoms with Crippen LogP contribution in [0.1, 0.15) is 16.8 Å². The lowest BCUT2D eigenvalue weighted by atomic mass is 10.1. The summed E-state index contributed by atoms with van der Waals surface area (Å²) in [5.74, 6) is -0.184. The molecule has 0 radical (unpaired) electrons. The average Bonchev–Trinajstić information content (AvgIpc) is 2.52. The third-order valence-corrected chi connectivity index (χ3v) is 2.99. The molecule has 1 fully saturated rings. The van der Waals surface area contributed by atoms with Gasteiger partial charge in [0.25, 0.3) is 5.91 Å². The van der Waals surface area contributed by atoms with E-state index in [-0.39, 0.29) is 11.8 Å². The fourth-order valence-corrected chi connectivity index (χ4v) is 2.13. The summed E-state index contributed by atoms with van der Waals surface area (Å²) in [6, 6.07) is 4.76. The minimum Gasteiger partial charge on any atom is -0.399 e. The number of amides is 2. The van der Waals surface area contributed by atoms with Gasteiger partial charge in [-0.1, -0.05) is 11.6 Å². The molecule has 1 aromatic rings. The van der Waals surface area contributed by atoms with Crippen LogP contribution in [0.15, 0.2) is 18.2 Å². The van der Waals surface area contributed by atoms with Crippen LogP contribution in [-0.4, -0.2) is 36.3 Å². The molecule has 18 heavy (non-hydrogen) atoms. The van der Waals surface area contributed by atoms with Crippen LogP contribution in [0.25, 0.3) is 0 Å². The Balaban J connectivity index is 2.17. The van der Waals surface area contributed by atoms with Crippen LogP contribution in [0.4, 0.5) is 5.69 Å². The molecule has 2 rings (SSSR count). The molecule has 96 valence electrons. The number of carbonyl (C=O) groups excluding carboxylic acids is 2. The first-order valence-electron chi connectivity index (χ1n) is 5.68. The van der Waals surface area contributed by atoms with Crippen LogP contribution in [0.3, 0.4) is 0 Å². The number of nitrogens with one attached hydrogen (secondary N) is 1. The molecule has 0 saturated carbocycles. The highest BCUT2D eigenvalue weighted by atomic mass is 35.5. The fourth-order valence-electron chi connectivity index (χ4n) is 1.89. The van der Waals surface area contributed by atoms with Gasteiger partial charge in [-0.05, 0) is 18.2 Å².